The van der Waals surface area contributed by atoms with E-state index in [1.54, 1.807) is 12.1 Å². The Hall–Kier alpha value is -1.56. The minimum atomic E-state index is -2.04. The lowest BCUT2D eigenvalue weighted by molar-refractivity contribution is 1.39. The minimum Gasteiger partial charge on any atom is -0.0622 e. The average Bonchev–Trinajstić information content (AvgIpc) is 2.29. The van der Waals surface area contributed by atoms with Gasteiger partial charge >= 0.3 is 0 Å². The first-order chi connectivity index (χ1) is 7.98. The van der Waals surface area contributed by atoms with Gasteiger partial charge in [0, 0.05) is 4.11 Å². The fourth-order valence-corrected chi connectivity index (χ4v) is 1.55. The van der Waals surface area contributed by atoms with Crippen molar-refractivity contribution in [2.45, 2.75) is 13.8 Å². The second kappa shape index (κ2) is 3.67. The van der Waals surface area contributed by atoms with Crippen LogP contribution in [0.2, 0.25) is 0 Å². The highest BCUT2D eigenvalue weighted by atomic mass is 14.0. The Morgan fingerprint density at radius 2 is 1.79 bits per heavy atom. The fourth-order valence-electron chi connectivity index (χ4n) is 1.55. The summed E-state index contributed by atoms with van der Waals surface area (Å²) in [4.78, 5) is 0. The third kappa shape index (κ3) is 1.69. The largest absolute Gasteiger partial charge is 0.0622 e. The molecule has 0 nitrogen and oxygen atoms in total. The van der Waals surface area contributed by atoms with E-state index in [1.807, 2.05) is 43.3 Å². The molecule has 14 heavy (non-hydrogen) atoms. The van der Waals surface area contributed by atoms with Crippen molar-refractivity contribution in [2.75, 3.05) is 0 Å². The maximum atomic E-state index is 7.44. The Morgan fingerprint density at radius 1 is 1.00 bits per heavy atom. The van der Waals surface area contributed by atoms with Crippen molar-refractivity contribution in [3.63, 3.8) is 0 Å². The maximum Gasteiger partial charge on any atom is 0.0280 e. The van der Waals surface area contributed by atoms with Crippen LogP contribution in [0.15, 0.2) is 48.5 Å². The summed E-state index contributed by atoms with van der Waals surface area (Å²) in [6, 6.07) is 15.1. The van der Waals surface area contributed by atoms with E-state index in [1.165, 1.54) is 0 Å². The summed E-state index contributed by atoms with van der Waals surface area (Å²) < 4.78 is 22.3. The van der Waals surface area contributed by atoms with Gasteiger partial charge in [-0.05, 0) is 30.5 Å². The van der Waals surface area contributed by atoms with E-state index in [0.29, 0.717) is 5.56 Å². The number of aryl methyl sites for hydroxylation is 2. The zero-order valence-corrected chi connectivity index (χ0v) is 8.12. The summed E-state index contributed by atoms with van der Waals surface area (Å²) in [6.07, 6.45) is 0. The molecular formula is C14H14. The first-order valence-corrected chi connectivity index (χ1v) is 4.65. The van der Waals surface area contributed by atoms with Gasteiger partial charge in [-0.15, -0.1) is 0 Å². The molecule has 0 N–H and O–H groups in total. The fraction of sp³-hybridized carbons (Fsp3) is 0.143. The predicted molar refractivity (Wildman–Crippen MR) is 61.4 cm³/mol. The molecule has 0 radical (unpaired) electrons. The van der Waals surface area contributed by atoms with E-state index < -0.39 is 6.85 Å². The van der Waals surface area contributed by atoms with Gasteiger partial charge in [0.05, 0.1) is 0 Å². The van der Waals surface area contributed by atoms with Crippen LogP contribution in [0.25, 0.3) is 11.1 Å². The monoisotopic (exact) mass is 185 g/mol. The van der Waals surface area contributed by atoms with Gasteiger partial charge in [0.15, 0.2) is 0 Å². The van der Waals surface area contributed by atoms with Crippen LogP contribution in [0, 0.1) is 13.8 Å². The summed E-state index contributed by atoms with van der Waals surface area (Å²) in [5.41, 5.74) is 3.52. The molecule has 0 aliphatic heterocycles. The highest BCUT2D eigenvalue weighted by Crippen LogP contribution is 2.23. The number of benzene rings is 2. The Balaban J connectivity index is 2.55. The molecule has 0 bridgehead atoms. The van der Waals surface area contributed by atoms with E-state index >= 15 is 0 Å². The standard InChI is InChI=1S/C14H14/c1-11-8-9-12(2)14(10-11)13-6-4-3-5-7-13/h3-10H,1-2H3/i1D3. The van der Waals surface area contributed by atoms with Gasteiger partial charge in [0.2, 0.25) is 0 Å². The van der Waals surface area contributed by atoms with Crippen LogP contribution in [0.4, 0.5) is 0 Å². The summed E-state index contributed by atoms with van der Waals surface area (Å²) >= 11 is 0. The van der Waals surface area contributed by atoms with Gasteiger partial charge in [-0.3, -0.25) is 0 Å². The van der Waals surface area contributed by atoms with Gasteiger partial charge in [0.1, 0.15) is 0 Å². The second-order valence-electron chi connectivity index (χ2n) is 3.40. The van der Waals surface area contributed by atoms with Gasteiger partial charge in [-0.1, -0.05) is 54.1 Å². The molecule has 0 aromatic heterocycles. The van der Waals surface area contributed by atoms with Crippen LogP contribution in [0.3, 0.4) is 0 Å². The average molecular weight is 185 g/mol. The number of rotatable bonds is 1. The molecule has 0 saturated heterocycles. The van der Waals surface area contributed by atoms with Crippen LogP contribution in [-0.2, 0) is 0 Å². The van der Waals surface area contributed by atoms with Crippen molar-refractivity contribution in [2.24, 2.45) is 0 Å². The normalized spacial score (nSPS) is 14.2. The van der Waals surface area contributed by atoms with E-state index in [0.717, 1.165) is 16.7 Å². The molecule has 0 unspecified atom stereocenters. The SMILES string of the molecule is [2H]C([2H])([2H])c1ccc(C)c(-c2ccccc2)c1. The van der Waals surface area contributed by atoms with E-state index in [2.05, 4.69) is 0 Å². The lowest BCUT2D eigenvalue weighted by Crippen LogP contribution is -1.83. The quantitative estimate of drug-likeness (QED) is 0.630. The lowest BCUT2D eigenvalue weighted by atomic mass is 9.99. The van der Waals surface area contributed by atoms with Crippen LogP contribution < -0.4 is 0 Å². The maximum absolute atomic E-state index is 7.44. The van der Waals surface area contributed by atoms with Crippen LogP contribution in [-0.4, -0.2) is 0 Å². The number of hydrogen-bond donors (Lipinski definition) is 0. The van der Waals surface area contributed by atoms with E-state index in [4.69, 9.17) is 4.11 Å². The molecule has 0 amide bonds. The Kier molecular flexibility index (Phi) is 1.58. The third-order valence-electron chi connectivity index (χ3n) is 2.32. The summed E-state index contributed by atoms with van der Waals surface area (Å²) in [6.45, 7) is -0.0527. The Bertz CT molecular complexity index is 513. The van der Waals surface area contributed by atoms with Crippen LogP contribution in [0.5, 0.6) is 0 Å². The molecule has 0 atom stereocenters. The van der Waals surface area contributed by atoms with Crippen molar-refractivity contribution >= 4 is 0 Å². The predicted octanol–water partition coefficient (Wildman–Crippen LogP) is 3.97. The van der Waals surface area contributed by atoms with Crippen molar-refractivity contribution in [1.29, 1.82) is 0 Å². The van der Waals surface area contributed by atoms with Crippen molar-refractivity contribution in [3.05, 3.63) is 59.7 Å². The molecule has 0 fully saturated rings. The van der Waals surface area contributed by atoms with E-state index in [-0.39, 0.29) is 0 Å². The molecule has 0 aliphatic rings. The number of hydrogen-bond acceptors (Lipinski definition) is 0. The van der Waals surface area contributed by atoms with Crippen molar-refractivity contribution in [3.8, 4) is 11.1 Å². The molecule has 0 heteroatoms. The molecule has 0 saturated carbocycles. The lowest BCUT2D eigenvalue weighted by Gasteiger charge is -2.06. The molecule has 0 aliphatic carbocycles. The second-order valence-corrected chi connectivity index (χ2v) is 3.40. The molecular weight excluding hydrogens is 168 g/mol. The molecule has 70 valence electrons. The van der Waals surface area contributed by atoms with Gasteiger partial charge in [-0.25, -0.2) is 0 Å². The topological polar surface area (TPSA) is 0 Å². The first-order valence-electron chi connectivity index (χ1n) is 6.15. The molecule has 0 heterocycles. The summed E-state index contributed by atoms with van der Waals surface area (Å²) in [7, 11) is 0. The highest BCUT2D eigenvalue weighted by molar-refractivity contribution is 5.67. The minimum absolute atomic E-state index is 0.391. The van der Waals surface area contributed by atoms with Gasteiger partial charge in [0.25, 0.3) is 0 Å². The zero-order chi connectivity index (χ0) is 12.5. The van der Waals surface area contributed by atoms with E-state index in [9.17, 15) is 0 Å². The highest BCUT2D eigenvalue weighted by Gasteiger charge is 2.00. The van der Waals surface area contributed by atoms with Gasteiger partial charge in [-0.2, -0.15) is 0 Å². The molecule has 2 rings (SSSR count). The zero-order valence-electron chi connectivity index (χ0n) is 11.1. The molecule has 2 aromatic rings. The smallest absolute Gasteiger partial charge is 0.0280 e. The van der Waals surface area contributed by atoms with Crippen LogP contribution >= 0.6 is 0 Å². The van der Waals surface area contributed by atoms with Gasteiger partial charge < -0.3 is 0 Å². The van der Waals surface area contributed by atoms with Crippen molar-refractivity contribution < 1.29 is 4.11 Å². The first kappa shape index (κ1) is 6.02. The molecule has 2 aromatic carbocycles. The summed E-state index contributed by atoms with van der Waals surface area (Å²) in [5, 5.41) is 0. The Labute approximate surface area is 89.4 Å². The summed E-state index contributed by atoms with van der Waals surface area (Å²) in [5.74, 6) is 0. The molecule has 0 spiro atoms. The third-order valence-corrected chi connectivity index (χ3v) is 2.32. The Morgan fingerprint density at radius 3 is 2.50 bits per heavy atom. The van der Waals surface area contributed by atoms with Crippen molar-refractivity contribution in [1.82, 2.24) is 0 Å². The van der Waals surface area contributed by atoms with Crippen LogP contribution in [0.1, 0.15) is 15.2 Å².